The molecule has 62 valence electrons. The summed E-state index contributed by atoms with van der Waals surface area (Å²) in [4.78, 5) is 0. The molecular formula is C10H10FN. The maximum atomic E-state index is 13.6. The van der Waals surface area contributed by atoms with Gasteiger partial charge in [0.15, 0.2) is 0 Å². The van der Waals surface area contributed by atoms with Crippen LogP contribution in [-0.4, -0.2) is 0 Å². The molecule has 0 N–H and O–H groups in total. The van der Waals surface area contributed by atoms with Crippen LogP contribution in [0.2, 0.25) is 0 Å². The van der Waals surface area contributed by atoms with Gasteiger partial charge in [-0.1, -0.05) is 37.3 Å². The molecule has 1 aromatic carbocycles. The van der Waals surface area contributed by atoms with E-state index in [1.165, 1.54) is 0 Å². The van der Waals surface area contributed by atoms with Gasteiger partial charge in [-0.15, -0.1) is 0 Å². The lowest BCUT2D eigenvalue weighted by Gasteiger charge is -2.14. The fraction of sp³-hybridized carbons (Fsp3) is 0.300. The number of rotatable bonds is 2. The monoisotopic (exact) mass is 163 g/mol. The smallest absolute Gasteiger partial charge is 0.220 e. The van der Waals surface area contributed by atoms with Crippen LogP contribution >= 0.6 is 0 Å². The van der Waals surface area contributed by atoms with Crippen molar-refractivity contribution in [1.82, 2.24) is 0 Å². The lowest BCUT2D eigenvalue weighted by atomic mass is 9.95. The van der Waals surface area contributed by atoms with Gasteiger partial charge in [0.25, 0.3) is 0 Å². The SMILES string of the molecule is CCC(F)(C#N)c1ccccc1. The fourth-order valence-electron chi connectivity index (χ4n) is 1.05. The van der Waals surface area contributed by atoms with Crippen molar-refractivity contribution >= 4 is 0 Å². The largest absolute Gasteiger partial charge is 0.222 e. The van der Waals surface area contributed by atoms with Crippen molar-refractivity contribution in [2.75, 3.05) is 0 Å². The summed E-state index contributed by atoms with van der Waals surface area (Å²) in [5.74, 6) is 0. The summed E-state index contributed by atoms with van der Waals surface area (Å²) < 4.78 is 13.6. The highest BCUT2D eigenvalue weighted by atomic mass is 19.1. The Morgan fingerprint density at radius 1 is 1.42 bits per heavy atom. The summed E-state index contributed by atoms with van der Waals surface area (Å²) in [6.07, 6.45) is 0.188. The molecule has 0 spiro atoms. The summed E-state index contributed by atoms with van der Waals surface area (Å²) in [6.45, 7) is 1.66. The summed E-state index contributed by atoms with van der Waals surface area (Å²) in [6, 6.07) is 10.2. The zero-order valence-corrected chi connectivity index (χ0v) is 6.92. The van der Waals surface area contributed by atoms with Gasteiger partial charge in [0.05, 0.1) is 0 Å². The average molecular weight is 163 g/mol. The van der Waals surface area contributed by atoms with E-state index >= 15 is 0 Å². The maximum Gasteiger partial charge on any atom is 0.220 e. The zero-order chi connectivity index (χ0) is 9.03. The van der Waals surface area contributed by atoms with Gasteiger partial charge in [-0.3, -0.25) is 0 Å². The molecule has 0 saturated heterocycles. The minimum atomic E-state index is -1.82. The highest BCUT2D eigenvalue weighted by molar-refractivity contribution is 5.28. The van der Waals surface area contributed by atoms with Gasteiger partial charge >= 0.3 is 0 Å². The molecule has 0 aromatic heterocycles. The van der Waals surface area contributed by atoms with E-state index in [0.29, 0.717) is 5.56 Å². The van der Waals surface area contributed by atoms with Crippen LogP contribution in [0.4, 0.5) is 4.39 Å². The molecule has 1 nitrogen and oxygen atoms in total. The van der Waals surface area contributed by atoms with Crippen LogP contribution in [0.15, 0.2) is 30.3 Å². The van der Waals surface area contributed by atoms with Crippen LogP contribution in [0.3, 0.4) is 0 Å². The Kier molecular flexibility index (Phi) is 2.44. The Labute approximate surface area is 71.4 Å². The van der Waals surface area contributed by atoms with E-state index in [2.05, 4.69) is 0 Å². The first-order chi connectivity index (χ1) is 5.73. The van der Waals surface area contributed by atoms with Gasteiger partial charge in [0, 0.05) is 5.56 Å². The highest BCUT2D eigenvalue weighted by Crippen LogP contribution is 2.28. The third-order valence-electron chi connectivity index (χ3n) is 1.90. The molecule has 1 aromatic rings. The maximum absolute atomic E-state index is 13.6. The molecule has 0 amide bonds. The second-order valence-electron chi connectivity index (χ2n) is 2.63. The minimum Gasteiger partial charge on any atom is -0.222 e. The number of benzene rings is 1. The van der Waals surface area contributed by atoms with E-state index in [1.807, 2.05) is 0 Å². The normalized spacial score (nSPS) is 14.8. The summed E-state index contributed by atoms with van der Waals surface area (Å²) in [7, 11) is 0. The molecule has 1 rings (SSSR count). The highest BCUT2D eigenvalue weighted by Gasteiger charge is 2.28. The number of nitrogens with zero attached hydrogens (tertiary/aromatic N) is 1. The first-order valence-corrected chi connectivity index (χ1v) is 3.88. The van der Waals surface area contributed by atoms with E-state index < -0.39 is 5.67 Å². The fourth-order valence-corrected chi connectivity index (χ4v) is 1.05. The van der Waals surface area contributed by atoms with Crippen LogP contribution in [0.25, 0.3) is 0 Å². The van der Waals surface area contributed by atoms with Gasteiger partial charge in [0.1, 0.15) is 6.07 Å². The van der Waals surface area contributed by atoms with Crippen LogP contribution in [-0.2, 0) is 5.67 Å². The first kappa shape index (κ1) is 8.73. The molecule has 0 aliphatic heterocycles. The van der Waals surface area contributed by atoms with Gasteiger partial charge in [-0.2, -0.15) is 5.26 Å². The Hall–Kier alpha value is -1.36. The molecule has 0 heterocycles. The zero-order valence-electron chi connectivity index (χ0n) is 6.92. The van der Waals surface area contributed by atoms with Crippen LogP contribution in [0.1, 0.15) is 18.9 Å². The molecule has 2 heteroatoms. The van der Waals surface area contributed by atoms with E-state index in [4.69, 9.17) is 5.26 Å². The summed E-state index contributed by atoms with van der Waals surface area (Å²) in [5, 5.41) is 8.61. The third kappa shape index (κ3) is 1.45. The Morgan fingerprint density at radius 2 is 2.00 bits per heavy atom. The molecule has 0 aliphatic rings. The Bertz CT molecular complexity index is 288. The molecule has 0 fully saturated rings. The van der Waals surface area contributed by atoms with Gasteiger partial charge in [-0.05, 0) is 6.42 Å². The minimum absolute atomic E-state index is 0.188. The van der Waals surface area contributed by atoms with Crippen molar-refractivity contribution in [1.29, 1.82) is 5.26 Å². The number of hydrogen-bond acceptors (Lipinski definition) is 1. The molecule has 0 radical (unpaired) electrons. The lowest BCUT2D eigenvalue weighted by molar-refractivity contribution is 0.236. The number of nitriles is 1. The molecule has 12 heavy (non-hydrogen) atoms. The number of halogens is 1. The Morgan fingerprint density at radius 3 is 2.42 bits per heavy atom. The van der Waals surface area contributed by atoms with E-state index in [0.717, 1.165) is 0 Å². The standard InChI is InChI=1S/C10H10FN/c1-2-10(11,8-12)9-6-4-3-5-7-9/h3-7H,2H2,1H3. The molecule has 0 saturated carbocycles. The van der Waals surface area contributed by atoms with E-state index in [9.17, 15) is 4.39 Å². The summed E-state index contributed by atoms with van der Waals surface area (Å²) in [5.41, 5.74) is -1.38. The second-order valence-corrected chi connectivity index (χ2v) is 2.63. The molecular weight excluding hydrogens is 153 g/mol. The van der Waals surface area contributed by atoms with Gasteiger partial charge < -0.3 is 0 Å². The van der Waals surface area contributed by atoms with Crippen LogP contribution in [0, 0.1) is 11.3 Å². The lowest BCUT2D eigenvalue weighted by Crippen LogP contribution is -2.15. The number of alkyl halides is 1. The molecule has 0 aliphatic carbocycles. The van der Waals surface area contributed by atoms with Crippen molar-refractivity contribution in [3.8, 4) is 6.07 Å². The van der Waals surface area contributed by atoms with E-state index in [-0.39, 0.29) is 6.42 Å². The third-order valence-corrected chi connectivity index (χ3v) is 1.90. The van der Waals surface area contributed by atoms with Gasteiger partial charge in [0.2, 0.25) is 5.67 Å². The number of hydrogen-bond donors (Lipinski definition) is 0. The van der Waals surface area contributed by atoms with Crippen LogP contribution in [0.5, 0.6) is 0 Å². The predicted octanol–water partition coefficient (Wildman–Crippen LogP) is 2.78. The van der Waals surface area contributed by atoms with Crippen molar-refractivity contribution < 1.29 is 4.39 Å². The van der Waals surface area contributed by atoms with Crippen LogP contribution < -0.4 is 0 Å². The van der Waals surface area contributed by atoms with Crippen molar-refractivity contribution in [3.63, 3.8) is 0 Å². The second kappa shape index (κ2) is 3.36. The van der Waals surface area contributed by atoms with Crippen molar-refractivity contribution in [2.45, 2.75) is 19.0 Å². The first-order valence-electron chi connectivity index (χ1n) is 3.88. The van der Waals surface area contributed by atoms with Gasteiger partial charge in [-0.25, -0.2) is 4.39 Å². The molecule has 1 unspecified atom stereocenters. The quantitative estimate of drug-likeness (QED) is 0.657. The Balaban J connectivity index is 3.06. The molecule has 0 bridgehead atoms. The average Bonchev–Trinajstić information content (AvgIpc) is 2.18. The van der Waals surface area contributed by atoms with E-state index in [1.54, 1.807) is 43.3 Å². The summed E-state index contributed by atoms with van der Waals surface area (Å²) >= 11 is 0. The van der Waals surface area contributed by atoms with Crippen molar-refractivity contribution in [2.24, 2.45) is 0 Å². The predicted molar refractivity (Wildman–Crippen MR) is 45.1 cm³/mol. The molecule has 1 atom stereocenters. The van der Waals surface area contributed by atoms with Crippen molar-refractivity contribution in [3.05, 3.63) is 35.9 Å². The topological polar surface area (TPSA) is 23.8 Å².